The lowest BCUT2D eigenvalue weighted by atomic mass is 9.94. The highest BCUT2D eigenvalue weighted by Crippen LogP contribution is 2.24. The molecule has 1 N–H and O–H groups in total. The minimum atomic E-state index is 0.00338. The summed E-state index contributed by atoms with van der Waals surface area (Å²) >= 11 is 0. The molecular formula is C16H24N6O. The molecule has 0 atom stereocenters. The Kier molecular flexibility index (Phi) is 4.85. The third-order valence-corrected chi connectivity index (χ3v) is 4.46. The molecule has 0 bridgehead atoms. The van der Waals surface area contributed by atoms with Gasteiger partial charge in [0, 0.05) is 19.1 Å². The predicted molar refractivity (Wildman–Crippen MR) is 88.1 cm³/mol. The maximum Gasteiger partial charge on any atom is 0.272 e. The van der Waals surface area contributed by atoms with Crippen LogP contribution in [0.5, 0.6) is 0 Å². The molecule has 3 rings (SSSR count). The maximum atomic E-state index is 13.0. The lowest BCUT2D eigenvalue weighted by molar-refractivity contribution is 0.0613. The number of rotatable bonds is 5. The van der Waals surface area contributed by atoms with Gasteiger partial charge in [0.25, 0.3) is 5.91 Å². The second-order valence-electron chi connectivity index (χ2n) is 6.46. The first kappa shape index (κ1) is 15.9. The third-order valence-electron chi connectivity index (χ3n) is 4.46. The van der Waals surface area contributed by atoms with E-state index in [0.29, 0.717) is 22.9 Å². The number of nitrogens with zero attached hydrogens (tertiary/aromatic N) is 5. The molecule has 1 aliphatic rings. The summed E-state index contributed by atoms with van der Waals surface area (Å²) in [6, 6.07) is 3.87. The number of hydrogen-bond donors (Lipinski definition) is 1. The summed E-state index contributed by atoms with van der Waals surface area (Å²) in [6.45, 7) is 1.59. The number of hydrogen-bond acceptors (Lipinski definition) is 5. The Bertz CT molecular complexity index is 661. The summed E-state index contributed by atoms with van der Waals surface area (Å²) in [5.41, 5.74) is 1.63. The van der Waals surface area contributed by atoms with Gasteiger partial charge < -0.3 is 9.80 Å². The fraction of sp³-hybridized carbons (Fsp3) is 0.625. The van der Waals surface area contributed by atoms with Gasteiger partial charge in [0.1, 0.15) is 11.2 Å². The highest BCUT2D eigenvalue weighted by molar-refractivity contribution is 5.94. The second kappa shape index (κ2) is 7.04. The highest BCUT2D eigenvalue weighted by Gasteiger charge is 2.27. The molecule has 1 aliphatic carbocycles. The highest BCUT2D eigenvalue weighted by atomic mass is 16.2. The number of fused-ring (bicyclic) bond motifs is 1. The number of nitrogens with one attached hydrogen (secondary N) is 1. The average Bonchev–Trinajstić information content (AvgIpc) is 3.03. The average molecular weight is 316 g/mol. The van der Waals surface area contributed by atoms with Crippen molar-refractivity contribution in [1.82, 2.24) is 30.2 Å². The van der Waals surface area contributed by atoms with Crippen LogP contribution in [-0.2, 0) is 0 Å². The summed E-state index contributed by atoms with van der Waals surface area (Å²) in [5, 5.41) is 10.5. The first-order valence-corrected chi connectivity index (χ1v) is 8.28. The van der Waals surface area contributed by atoms with Gasteiger partial charge in [0.05, 0.1) is 0 Å². The van der Waals surface area contributed by atoms with Crippen LogP contribution in [0.15, 0.2) is 12.1 Å². The van der Waals surface area contributed by atoms with E-state index in [2.05, 4.69) is 25.3 Å². The Morgan fingerprint density at radius 3 is 2.70 bits per heavy atom. The van der Waals surface area contributed by atoms with Crippen LogP contribution in [0.3, 0.4) is 0 Å². The second-order valence-corrected chi connectivity index (χ2v) is 6.46. The van der Waals surface area contributed by atoms with Crippen LogP contribution in [0, 0.1) is 0 Å². The van der Waals surface area contributed by atoms with Gasteiger partial charge in [-0.2, -0.15) is 10.3 Å². The van der Waals surface area contributed by atoms with Crippen LogP contribution in [0.2, 0.25) is 0 Å². The normalized spacial score (nSPS) is 16.1. The van der Waals surface area contributed by atoms with Gasteiger partial charge in [-0.05, 0) is 39.1 Å². The number of amides is 1. The Labute approximate surface area is 136 Å². The zero-order chi connectivity index (χ0) is 16.2. The molecule has 7 nitrogen and oxygen atoms in total. The SMILES string of the molecule is CN(C)CCN(C(=O)c1ccc2n[nH]nc2n1)C1CCCCC1. The summed E-state index contributed by atoms with van der Waals surface area (Å²) in [6.07, 6.45) is 5.85. The molecule has 0 saturated heterocycles. The van der Waals surface area contributed by atoms with Crippen LogP contribution in [-0.4, -0.2) is 69.3 Å². The van der Waals surface area contributed by atoms with E-state index >= 15 is 0 Å². The minimum Gasteiger partial charge on any atom is -0.333 e. The van der Waals surface area contributed by atoms with E-state index in [-0.39, 0.29) is 5.91 Å². The van der Waals surface area contributed by atoms with Gasteiger partial charge in [0.15, 0.2) is 0 Å². The van der Waals surface area contributed by atoms with Crippen LogP contribution in [0.4, 0.5) is 0 Å². The molecule has 2 heterocycles. The van der Waals surface area contributed by atoms with E-state index < -0.39 is 0 Å². The molecule has 1 fully saturated rings. The molecule has 7 heteroatoms. The molecular weight excluding hydrogens is 292 g/mol. The first-order chi connectivity index (χ1) is 11.1. The fourth-order valence-corrected chi connectivity index (χ4v) is 3.15. The molecule has 0 unspecified atom stereocenters. The topological polar surface area (TPSA) is 78.0 Å². The van der Waals surface area contributed by atoms with Gasteiger partial charge in [-0.3, -0.25) is 4.79 Å². The Hall–Kier alpha value is -2.02. The third kappa shape index (κ3) is 3.67. The van der Waals surface area contributed by atoms with Gasteiger partial charge >= 0.3 is 0 Å². The molecule has 124 valence electrons. The lowest BCUT2D eigenvalue weighted by Gasteiger charge is -2.35. The molecule has 2 aromatic heterocycles. The summed E-state index contributed by atoms with van der Waals surface area (Å²) in [5.74, 6) is 0.00338. The monoisotopic (exact) mass is 316 g/mol. The number of aromatic nitrogens is 4. The van der Waals surface area contributed by atoms with Crippen LogP contribution >= 0.6 is 0 Å². The quantitative estimate of drug-likeness (QED) is 0.908. The molecule has 1 saturated carbocycles. The number of aromatic amines is 1. The van der Waals surface area contributed by atoms with E-state index in [1.165, 1.54) is 19.3 Å². The maximum absolute atomic E-state index is 13.0. The summed E-state index contributed by atoms with van der Waals surface area (Å²) < 4.78 is 0. The summed E-state index contributed by atoms with van der Waals surface area (Å²) in [7, 11) is 4.06. The molecule has 0 aliphatic heterocycles. The Morgan fingerprint density at radius 1 is 1.17 bits per heavy atom. The standard InChI is InChI=1S/C16H24N6O/c1-21(2)10-11-22(12-6-4-3-5-7-12)16(23)14-9-8-13-15(17-14)19-20-18-13/h8-9,12H,3-7,10-11H2,1-2H3,(H,17,18,19,20). The molecule has 0 radical (unpaired) electrons. The van der Waals surface area contributed by atoms with Gasteiger partial charge in [-0.1, -0.05) is 19.3 Å². The van der Waals surface area contributed by atoms with Crippen LogP contribution < -0.4 is 0 Å². The fourth-order valence-electron chi connectivity index (χ4n) is 3.15. The van der Waals surface area contributed by atoms with E-state index in [1.54, 1.807) is 12.1 Å². The smallest absolute Gasteiger partial charge is 0.272 e. The van der Waals surface area contributed by atoms with E-state index in [1.807, 2.05) is 19.0 Å². The zero-order valence-electron chi connectivity index (χ0n) is 13.8. The number of likely N-dealkylation sites (N-methyl/N-ethyl adjacent to an activating group) is 1. The van der Waals surface area contributed by atoms with Gasteiger partial charge in [0.2, 0.25) is 5.65 Å². The molecule has 2 aromatic rings. The van der Waals surface area contributed by atoms with Crippen molar-refractivity contribution < 1.29 is 4.79 Å². The van der Waals surface area contributed by atoms with Crippen molar-refractivity contribution in [2.24, 2.45) is 0 Å². The number of pyridine rings is 1. The predicted octanol–water partition coefficient (Wildman–Crippen LogP) is 1.69. The van der Waals surface area contributed by atoms with Crippen molar-refractivity contribution in [2.75, 3.05) is 27.2 Å². The van der Waals surface area contributed by atoms with Crippen molar-refractivity contribution >= 4 is 17.1 Å². The van der Waals surface area contributed by atoms with E-state index in [4.69, 9.17) is 0 Å². The Morgan fingerprint density at radius 2 is 1.96 bits per heavy atom. The van der Waals surface area contributed by atoms with E-state index in [0.717, 1.165) is 25.9 Å². The summed E-state index contributed by atoms with van der Waals surface area (Å²) in [4.78, 5) is 21.5. The van der Waals surface area contributed by atoms with Crippen molar-refractivity contribution in [3.8, 4) is 0 Å². The molecule has 0 aromatic carbocycles. The van der Waals surface area contributed by atoms with Crippen molar-refractivity contribution in [3.05, 3.63) is 17.8 Å². The number of carbonyl (C=O) groups is 1. The minimum absolute atomic E-state index is 0.00338. The van der Waals surface area contributed by atoms with Crippen LogP contribution in [0.1, 0.15) is 42.6 Å². The van der Waals surface area contributed by atoms with Crippen LogP contribution in [0.25, 0.3) is 11.2 Å². The lowest BCUT2D eigenvalue weighted by Crippen LogP contribution is -2.45. The van der Waals surface area contributed by atoms with Crippen molar-refractivity contribution in [1.29, 1.82) is 0 Å². The van der Waals surface area contributed by atoms with Gasteiger partial charge in [-0.25, -0.2) is 4.98 Å². The van der Waals surface area contributed by atoms with Crippen molar-refractivity contribution in [3.63, 3.8) is 0 Å². The van der Waals surface area contributed by atoms with Crippen molar-refractivity contribution in [2.45, 2.75) is 38.1 Å². The largest absolute Gasteiger partial charge is 0.333 e. The molecule has 0 spiro atoms. The molecule has 1 amide bonds. The first-order valence-electron chi connectivity index (χ1n) is 8.28. The number of carbonyl (C=O) groups excluding carboxylic acids is 1. The Balaban J connectivity index is 1.82. The zero-order valence-corrected chi connectivity index (χ0v) is 13.8. The molecule has 23 heavy (non-hydrogen) atoms. The van der Waals surface area contributed by atoms with E-state index in [9.17, 15) is 4.79 Å². The number of H-pyrrole nitrogens is 1. The van der Waals surface area contributed by atoms with Gasteiger partial charge in [-0.15, -0.1) is 5.10 Å².